The van der Waals surface area contributed by atoms with Crippen LogP contribution in [0.25, 0.3) is 0 Å². The third kappa shape index (κ3) is 3.44. The van der Waals surface area contributed by atoms with E-state index in [9.17, 15) is 0 Å². The molecule has 0 heterocycles. The summed E-state index contributed by atoms with van der Waals surface area (Å²) in [6, 6.07) is 0. The van der Waals surface area contributed by atoms with E-state index in [1.807, 2.05) is 0 Å². The summed E-state index contributed by atoms with van der Waals surface area (Å²) in [7, 11) is 0. The number of hydrogen-bond acceptors (Lipinski definition) is 1. The molecule has 4 aliphatic carbocycles. The van der Waals surface area contributed by atoms with Crippen molar-refractivity contribution in [1.29, 1.82) is 0 Å². The molecule has 0 aromatic carbocycles. The second kappa shape index (κ2) is 5.73. The van der Waals surface area contributed by atoms with Gasteiger partial charge in [0.05, 0.1) is 12.2 Å². The smallest absolute Gasteiger partial charge is 0.0654 e. The maximum atomic E-state index is 6.59. The van der Waals surface area contributed by atoms with Crippen LogP contribution in [0.4, 0.5) is 0 Å². The van der Waals surface area contributed by atoms with Crippen molar-refractivity contribution in [2.24, 2.45) is 39.9 Å². The summed E-state index contributed by atoms with van der Waals surface area (Å²) in [5, 5.41) is 0. The van der Waals surface area contributed by atoms with E-state index in [4.69, 9.17) is 4.74 Å². The SMILES string of the molecule is CCC12CCC(C(C)(C)OCC3CC3(C)CCC3CC3(C)C)CC1C2. The van der Waals surface area contributed by atoms with Crippen molar-refractivity contribution in [3.05, 3.63) is 0 Å². The second-order valence-electron chi connectivity index (χ2n) is 12.0. The molecule has 144 valence electrons. The van der Waals surface area contributed by atoms with Gasteiger partial charge in [0.25, 0.3) is 0 Å². The van der Waals surface area contributed by atoms with Gasteiger partial charge in [-0.25, -0.2) is 0 Å². The molecule has 0 radical (unpaired) electrons. The van der Waals surface area contributed by atoms with Crippen molar-refractivity contribution in [2.75, 3.05) is 6.61 Å². The molecule has 4 rings (SSSR count). The van der Waals surface area contributed by atoms with Gasteiger partial charge < -0.3 is 4.74 Å². The molecule has 0 spiro atoms. The molecule has 4 aliphatic rings. The van der Waals surface area contributed by atoms with Crippen LogP contribution in [0.15, 0.2) is 0 Å². The molecule has 0 aromatic rings. The summed E-state index contributed by atoms with van der Waals surface area (Å²) in [5.41, 5.74) is 2.09. The summed E-state index contributed by atoms with van der Waals surface area (Å²) in [4.78, 5) is 0. The van der Waals surface area contributed by atoms with Gasteiger partial charge in [-0.2, -0.15) is 0 Å². The summed E-state index contributed by atoms with van der Waals surface area (Å²) in [5.74, 6) is 3.64. The molecule has 0 bridgehead atoms. The maximum Gasteiger partial charge on any atom is 0.0654 e. The Morgan fingerprint density at radius 1 is 1.04 bits per heavy atom. The van der Waals surface area contributed by atoms with Gasteiger partial charge in [0.1, 0.15) is 0 Å². The van der Waals surface area contributed by atoms with E-state index in [-0.39, 0.29) is 5.60 Å². The quantitative estimate of drug-likeness (QED) is 0.467. The number of fused-ring (bicyclic) bond motifs is 1. The highest BCUT2D eigenvalue weighted by molar-refractivity contribution is 5.07. The van der Waals surface area contributed by atoms with Crippen LogP contribution < -0.4 is 0 Å². The molecule has 0 aromatic heterocycles. The maximum absolute atomic E-state index is 6.59. The Morgan fingerprint density at radius 3 is 2.36 bits per heavy atom. The van der Waals surface area contributed by atoms with E-state index in [0.29, 0.717) is 10.8 Å². The lowest BCUT2D eigenvalue weighted by molar-refractivity contribution is -0.0810. The summed E-state index contributed by atoms with van der Waals surface area (Å²) < 4.78 is 6.59. The third-order valence-corrected chi connectivity index (χ3v) is 9.58. The minimum atomic E-state index is 0.0878. The molecular weight excluding hydrogens is 304 g/mol. The molecule has 25 heavy (non-hydrogen) atoms. The minimum absolute atomic E-state index is 0.0878. The van der Waals surface area contributed by atoms with Crippen LogP contribution in [0.5, 0.6) is 0 Å². The first-order valence-corrected chi connectivity index (χ1v) is 11.2. The molecule has 6 atom stereocenters. The molecular formula is C24H42O. The van der Waals surface area contributed by atoms with Crippen molar-refractivity contribution < 1.29 is 4.74 Å². The highest BCUT2D eigenvalue weighted by atomic mass is 16.5. The zero-order valence-corrected chi connectivity index (χ0v) is 17.8. The molecule has 4 fully saturated rings. The average Bonchev–Trinajstić information content (AvgIpc) is 3.46. The fraction of sp³-hybridized carbons (Fsp3) is 1.00. The normalized spacial score (nSPS) is 47.3. The van der Waals surface area contributed by atoms with Crippen LogP contribution in [-0.2, 0) is 4.74 Å². The van der Waals surface area contributed by atoms with Gasteiger partial charge in [-0.15, -0.1) is 0 Å². The van der Waals surface area contributed by atoms with Crippen LogP contribution in [-0.4, -0.2) is 12.2 Å². The van der Waals surface area contributed by atoms with Gasteiger partial charge in [-0.3, -0.25) is 0 Å². The zero-order valence-electron chi connectivity index (χ0n) is 17.8. The standard InChI is InChI=1S/C24H42O/c1-7-24-11-9-17(12-19(24)15-24)22(4,5)25-16-20-14-23(20,6)10-8-18-13-21(18,2)3/h17-20H,7-16H2,1-6H3. The second-order valence-corrected chi connectivity index (χ2v) is 12.0. The van der Waals surface area contributed by atoms with Crippen LogP contribution in [0.3, 0.4) is 0 Å². The number of rotatable bonds is 8. The van der Waals surface area contributed by atoms with Crippen molar-refractivity contribution in [3.63, 3.8) is 0 Å². The van der Waals surface area contributed by atoms with E-state index in [2.05, 4.69) is 41.5 Å². The van der Waals surface area contributed by atoms with Gasteiger partial charge in [-0.1, -0.05) is 34.1 Å². The lowest BCUT2D eigenvalue weighted by atomic mass is 9.74. The first-order valence-electron chi connectivity index (χ1n) is 11.2. The van der Waals surface area contributed by atoms with E-state index >= 15 is 0 Å². The van der Waals surface area contributed by atoms with Gasteiger partial charge >= 0.3 is 0 Å². The summed E-state index contributed by atoms with van der Waals surface area (Å²) in [6.45, 7) is 15.6. The molecule has 1 heteroatoms. The van der Waals surface area contributed by atoms with Gasteiger partial charge in [-0.05, 0) is 105 Å². The molecule has 0 saturated heterocycles. The summed E-state index contributed by atoms with van der Waals surface area (Å²) in [6.07, 6.45) is 13.0. The Labute approximate surface area is 156 Å². The Bertz CT molecular complexity index is 520. The third-order valence-electron chi connectivity index (χ3n) is 9.58. The molecule has 6 unspecified atom stereocenters. The van der Waals surface area contributed by atoms with Gasteiger partial charge in [0.15, 0.2) is 0 Å². The highest BCUT2D eigenvalue weighted by Gasteiger charge is 2.57. The number of ether oxygens (including phenoxy) is 1. The molecule has 0 aliphatic heterocycles. The fourth-order valence-electron chi connectivity index (χ4n) is 6.31. The van der Waals surface area contributed by atoms with E-state index in [1.165, 1.54) is 57.8 Å². The zero-order chi connectivity index (χ0) is 18.1. The Hall–Kier alpha value is -0.0400. The molecule has 1 nitrogen and oxygen atoms in total. The van der Waals surface area contributed by atoms with Crippen LogP contribution in [0.2, 0.25) is 0 Å². The van der Waals surface area contributed by atoms with Crippen molar-refractivity contribution >= 4 is 0 Å². The lowest BCUT2D eigenvalue weighted by Crippen LogP contribution is -2.38. The van der Waals surface area contributed by atoms with Crippen LogP contribution in [0.1, 0.15) is 99.3 Å². The first kappa shape index (κ1) is 18.3. The van der Waals surface area contributed by atoms with E-state index in [0.717, 1.165) is 35.7 Å². The minimum Gasteiger partial charge on any atom is -0.375 e. The molecule has 0 N–H and O–H groups in total. The van der Waals surface area contributed by atoms with Crippen molar-refractivity contribution in [2.45, 2.75) is 105 Å². The molecule has 4 saturated carbocycles. The van der Waals surface area contributed by atoms with Gasteiger partial charge in [0, 0.05) is 0 Å². The van der Waals surface area contributed by atoms with E-state index < -0.39 is 0 Å². The van der Waals surface area contributed by atoms with Crippen molar-refractivity contribution in [3.8, 4) is 0 Å². The van der Waals surface area contributed by atoms with E-state index in [1.54, 1.807) is 0 Å². The van der Waals surface area contributed by atoms with Crippen LogP contribution in [0, 0.1) is 39.9 Å². The Kier molecular flexibility index (Phi) is 4.20. The van der Waals surface area contributed by atoms with Crippen LogP contribution >= 0.6 is 0 Å². The topological polar surface area (TPSA) is 9.23 Å². The Morgan fingerprint density at radius 2 is 1.76 bits per heavy atom. The average molecular weight is 347 g/mol. The predicted octanol–water partition coefficient (Wildman–Crippen LogP) is 6.85. The highest BCUT2D eigenvalue weighted by Crippen LogP contribution is 2.66. The largest absolute Gasteiger partial charge is 0.375 e. The monoisotopic (exact) mass is 346 g/mol. The predicted molar refractivity (Wildman–Crippen MR) is 106 cm³/mol. The molecule has 0 amide bonds. The van der Waals surface area contributed by atoms with Crippen molar-refractivity contribution in [1.82, 2.24) is 0 Å². The lowest BCUT2D eigenvalue weighted by Gasteiger charge is -2.39. The fourth-order valence-corrected chi connectivity index (χ4v) is 6.31. The first-order chi connectivity index (χ1) is 11.6. The van der Waals surface area contributed by atoms with Gasteiger partial charge in [0.2, 0.25) is 0 Å². The summed E-state index contributed by atoms with van der Waals surface area (Å²) >= 11 is 0. The Balaban J connectivity index is 1.21. The number of hydrogen-bond donors (Lipinski definition) is 0.